The van der Waals surface area contributed by atoms with Crippen LogP contribution in [0.4, 0.5) is 0 Å². The van der Waals surface area contributed by atoms with Crippen molar-refractivity contribution < 1.29 is 19.2 Å². The molecule has 0 bridgehead atoms. The van der Waals surface area contributed by atoms with Crippen LogP contribution in [0.1, 0.15) is 0 Å². The van der Waals surface area contributed by atoms with Gasteiger partial charge < -0.3 is 10.6 Å². The van der Waals surface area contributed by atoms with Gasteiger partial charge >= 0.3 is 11.8 Å². The highest BCUT2D eigenvalue weighted by molar-refractivity contribution is 6.28. The van der Waals surface area contributed by atoms with E-state index in [9.17, 15) is 4.79 Å². The maximum Gasteiger partial charge on any atom is 0.556 e. The van der Waals surface area contributed by atoms with Crippen LogP contribution in [0.2, 0.25) is 0 Å². The van der Waals surface area contributed by atoms with Gasteiger partial charge in [-0.2, -0.15) is 0 Å². The number of aliphatic carboxylic acids is 1. The van der Waals surface area contributed by atoms with Crippen LogP contribution in [-0.2, 0) is 4.79 Å². The first-order valence-corrected chi connectivity index (χ1v) is 2.67. The molecule has 0 saturated heterocycles. The number of carboxylic acid groups (broad SMARTS) is 1. The van der Waals surface area contributed by atoms with Crippen molar-refractivity contribution in [2.75, 3.05) is 21.1 Å². The second-order valence-corrected chi connectivity index (χ2v) is 2.74. The van der Waals surface area contributed by atoms with Gasteiger partial charge in [0, 0.05) is 0 Å². The third kappa shape index (κ3) is 1.97. The Bertz CT molecular complexity index is 197. The average molecular weight is 144 g/mol. The highest BCUT2D eigenvalue weighted by atomic mass is 16.4. The molecule has 0 fully saturated rings. The molecule has 0 saturated carbocycles. The molecule has 5 nitrogen and oxygen atoms in total. The average Bonchev–Trinajstić information content (AvgIpc) is 1.60. The Hall–Kier alpha value is -1.19. The first-order valence-electron chi connectivity index (χ1n) is 2.67. The van der Waals surface area contributed by atoms with Crippen LogP contribution in [0.3, 0.4) is 0 Å². The lowest BCUT2D eigenvalue weighted by Crippen LogP contribution is -2.46. The number of likely N-dealkylation sites (N-methyl/N-ethyl adjacent to an activating group) is 1. The molecule has 0 heterocycles. The van der Waals surface area contributed by atoms with Gasteiger partial charge in [-0.25, -0.2) is 9.28 Å². The Morgan fingerprint density at radius 3 is 1.90 bits per heavy atom. The maximum atomic E-state index is 10.3. The van der Waals surface area contributed by atoms with E-state index >= 15 is 0 Å². The van der Waals surface area contributed by atoms with Crippen molar-refractivity contribution >= 4 is 11.8 Å². The van der Waals surface area contributed by atoms with Crippen molar-refractivity contribution in [3.8, 4) is 0 Å². The Morgan fingerprint density at radius 1 is 1.50 bits per heavy atom. The van der Waals surface area contributed by atoms with Gasteiger partial charge in [0.25, 0.3) is 0 Å². The number of carbonyl (C=O) groups is 1. The molecule has 0 unspecified atom stereocenters. The predicted octanol–water partition coefficient (Wildman–Crippen LogP) is -0.595. The minimum absolute atomic E-state index is 0.00810. The molecule has 0 aromatic carbocycles. The van der Waals surface area contributed by atoms with E-state index in [0.29, 0.717) is 0 Å². The largest absolute Gasteiger partial charge is 0.556 e. The predicted molar refractivity (Wildman–Crippen MR) is 34.3 cm³/mol. The summed E-state index contributed by atoms with van der Waals surface area (Å²) >= 11 is 0. The molecular weight excluding hydrogens is 134 g/mol. The molecule has 0 aliphatic carbocycles. The molecular formula is C5H10N3O2+. The summed E-state index contributed by atoms with van der Waals surface area (Å²) in [6, 6.07) is 0. The minimum Gasteiger partial charge on any atom is -0.468 e. The van der Waals surface area contributed by atoms with Crippen LogP contribution < -0.4 is 0 Å². The van der Waals surface area contributed by atoms with E-state index in [-0.39, 0.29) is 10.3 Å². The molecule has 0 rings (SSSR count). The molecule has 0 radical (unpaired) electrons. The summed E-state index contributed by atoms with van der Waals surface area (Å²) in [6.07, 6.45) is 0. The lowest BCUT2D eigenvalue weighted by molar-refractivity contribution is -0.785. The van der Waals surface area contributed by atoms with Crippen LogP contribution in [0.15, 0.2) is 0 Å². The van der Waals surface area contributed by atoms with Crippen molar-refractivity contribution in [1.82, 2.24) is 0 Å². The van der Waals surface area contributed by atoms with Crippen LogP contribution >= 0.6 is 0 Å². The first kappa shape index (κ1) is 8.81. The fraction of sp³-hybridized carbons (Fsp3) is 0.600. The lowest BCUT2D eigenvalue weighted by Gasteiger charge is -2.13. The highest BCUT2D eigenvalue weighted by Crippen LogP contribution is 1.90. The number of nitrogens with zero attached hydrogens (tertiary/aromatic N) is 3. The number of rotatable bonds is 0. The molecule has 0 amide bonds. The highest BCUT2D eigenvalue weighted by Gasteiger charge is 2.35. The van der Waals surface area contributed by atoms with E-state index in [1.165, 1.54) is 0 Å². The normalized spacial score (nSPS) is 10.3. The Balaban J connectivity index is 4.74. The zero-order valence-electron chi connectivity index (χ0n) is 6.20. The van der Waals surface area contributed by atoms with Gasteiger partial charge in [0.05, 0.1) is 21.1 Å². The van der Waals surface area contributed by atoms with Crippen LogP contribution in [0.25, 0.3) is 5.53 Å². The van der Waals surface area contributed by atoms with E-state index in [1.54, 1.807) is 21.1 Å². The van der Waals surface area contributed by atoms with Gasteiger partial charge in [0.2, 0.25) is 0 Å². The number of amidine groups is 1. The first-order chi connectivity index (χ1) is 4.39. The van der Waals surface area contributed by atoms with Crippen molar-refractivity contribution in [2.45, 2.75) is 0 Å². The molecule has 0 aromatic rings. The van der Waals surface area contributed by atoms with E-state index in [2.05, 4.69) is 4.79 Å². The maximum absolute atomic E-state index is 10.3. The fourth-order valence-corrected chi connectivity index (χ4v) is 0.464. The van der Waals surface area contributed by atoms with E-state index < -0.39 is 5.97 Å². The molecule has 1 N–H and O–H groups in total. The summed E-state index contributed by atoms with van der Waals surface area (Å²) in [6.45, 7) is 0. The molecule has 0 aromatic heterocycles. The van der Waals surface area contributed by atoms with Crippen molar-refractivity contribution in [1.29, 1.82) is 0 Å². The summed E-state index contributed by atoms with van der Waals surface area (Å²) in [5.74, 6) is -1.50. The molecule has 10 heavy (non-hydrogen) atoms. The van der Waals surface area contributed by atoms with Crippen molar-refractivity contribution in [3.05, 3.63) is 5.53 Å². The van der Waals surface area contributed by atoms with Gasteiger partial charge in [-0.1, -0.05) is 4.79 Å². The number of hydrogen-bond acceptors (Lipinski definition) is 1. The standard InChI is InChI=1S/C5H9N3O2/c1-8(2,3)4(7-6)5(9)10/h1-3H3/p+1. The molecule has 0 aliphatic rings. The third-order valence-electron chi connectivity index (χ3n) is 0.921. The van der Waals surface area contributed by atoms with E-state index in [4.69, 9.17) is 10.6 Å². The smallest absolute Gasteiger partial charge is 0.468 e. The van der Waals surface area contributed by atoms with Gasteiger partial charge in [-0.15, -0.1) is 0 Å². The monoisotopic (exact) mass is 144 g/mol. The van der Waals surface area contributed by atoms with E-state index in [1.807, 2.05) is 0 Å². The van der Waals surface area contributed by atoms with Gasteiger partial charge in [-0.05, 0) is 0 Å². The van der Waals surface area contributed by atoms with Gasteiger partial charge in [0.1, 0.15) is 0 Å². The summed E-state index contributed by atoms with van der Waals surface area (Å²) < 4.78 is -0.00810. The molecule has 56 valence electrons. The van der Waals surface area contributed by atoms with Crippen LogP contribution in [-0.4, -0.2) is 47.3 Å². The van der Waals surface area contributed by atoms with Gasteiger partial charge in [-0.3, -0.25) is 0 Å². The zero-order valence-corrected chi connectivity index (χ0v) is 6.20. The number of carboxylic acids is 1. The number of quaternary nitrogens is 1. The summed E-state index contributed by atoms with van der Waals surface area (Å²) in [5.41, 5.74) is 8.22. The van der Waals surface area contributed by atoms with Crippen LogP contribution in [0.5, 0.6) is 0 Å². The Morgan fingerprint density at radius 2 is 1.90 bits per heavy atom. The van der Waals surface area contributed by atoms with Crippen molar-refractivity contribution in [2.24, 2.45) is 0 Å². The SMILES string of the molecule is C[N+](C)(C)C(=[N+]=[N-])C(=O)O. The second-order valence-electron chi connectivity index (χ2n) is 2.74. The number of hydrogen-bond donors (Lipinski definition) is 1. The zero-order chi connectivity index (χ0) is 8.36. The van der Waals surface area contributed by atoms with Crippen molar-refractivity contribution in [3.63, 3.8) is 0 Å². The summed E-state index contributed by atoms with van der Waals surface area (Å²) in [5, 5.41) is 8.40. The second kappa shape index (κ2) is 2.60. The lowest BCUT2D eigenvalue weighted by atomic mass is 10.5. The molecule has 0 atom stereocenters. The minimum atomic E-state index is -1.21. The molecule has 5 heteroatoms. The Kier molecular flexibility index (Phi) is 2.29. The quantitative estimate of drug-likeness (QED) is 0.162. The summed E-state index contributed by atoms with van der Waals surface area (Å²) in [7, 11) is 4.80. The van der Waals surface area contributed by atoms with Gasteiger partial charge in [0.15, 0.2) is 0 Å². The van der Waals surface area contributed by atoms with Crippen LogP contribution in [0, 0.1) is 0 Å². The molecule has 0 spiro atoms. The van der Waals surface area contributed by atoms with E-state index in [0.717, 1.165) is 0 Å². The third-order valence-corrected chi connectivity index (χ3v) is 0.921. The fourth-order valence-electron chi connectivity index (χ4n) is 0.464. The summed E-state index contributed by atoms with van der Waals surface area (Å²) in [4.78, 5) is 12.9. The topological polar surface area (TPSA) is 73.7 Å². The Labute approximate surface area is 58.7 Å². The molecule has 0 aliphatic heterocycles.